The van der Waals surface area contributed by atoms with Crippen LogP contribution in [-0.2, 0) is 0 Å². The number of thiophene rings is 1. The van der Waals surface area contributed by atoms with Crippen molar-refractivity contribution in [1.29, 1.82) is 0 Å². The quantitative estimate of drug-likeness (QED) is 0.252. The van der Waals surface area contributed by atoms with Crippen LogP contribution in [0.2, 0.25) is 5.02 Å². The molecule has 0 radical (unpaired) electrons. The van der Waals surface area contributed by atoms with Crippen molar-refractivity contribution in [2.45, 2.75) is 13.8 Å². The number of ether oxygens (including phenoxy) is 1. The third-order valence-corrected chi connectivity index (χ3v) is 7.59. The molecule has 0 saturated heterocycles. The molecule has 0 aliphatic heterocycles. The lowest BCUT2D eigenvalue weighted by molar-refractivity contribution is 0.103. The third kappa shape index (κ3) is 4.53. The Morgan fingerprint density at radius 2 is 1.67 bits per heavy atom. The van der Waals surface area contributed by atoms with Gasteiger partial charge in [0.25, 0.3) is 5.91 Å². The normalized spacial score (nSPS) is 11.0. The minimum absolute atomic E-state index is 0.298. The van der Waals surface area contributed by atoms with Crippen molar-refractivity contribution in [3.8, 4) is 28.1 Å². The van der Waals surface area contributed by atoms with Crippen LogP contribution in [0.3, 0.4) is 0 Å². The molecule has 5 rings (SSSR count). The van der Waals surface area contributed by atoms with Gasteiger partial charge in [0.1, 0.15) is 15.5 Å². The molecule has 36 heavy (non-hydrogen) atoms. The number of carbonyl (C=O) groups excluding carboxylic acids is 1. The third-order valence-electron chi connectivity index (χ3n) is 6.08. The lowest BCUT2D eigenvalue weighted by Crippen LogP contribution is -2.12. The molecule has 0 bridgehead atoms. The van der Waals surface area contributed by atoms with Crippen LogP contribution in [0.25, 0.3) is 32.6 Å². The summed E-state index contributed by atoms with van der Waals surface area (Å²) in [5, 5.41) is 4.26. The largest absolute Gasteiger partial charge is 0.497 e. The van der Waals surface area contributed by atoms with Gasteiger partial charge in [-0.3, -0.25) is 4.79 Å². The minimum atomic E-state index is -0.298. The lowest BCUT2D eigenvalue weighted by atomic mass is 9.99. The Kier molecular flexibility index (Phi) is 6.39. The zero-order chi connectivity index (χ0) is 25.4. The van der Waals surface area contributed by atoms with Crippen molar-refractivity contribution in [3.63, 3.8) is 0 Å². The van der Waals surface area contributed by atoms with E-state index >= 15 is 0 Å². The van der Waals surface area contributed by atoms with Gasteiger partial charge in [-0.25, -0.2) is 4.98 Å². The van der Waals surface area contributed by atoms with E-state index in [0.717, 1.165) is 39.1 Å². The number of nitrogens with one attached hydrogen (secondary N) is 1. The van der Waals surface area contributed by atoms with Gasteiger partial charge in [-0.05, 0) is 60.9 Å². The van der Waals surface area contributed by atoms with Crippen molar-refractivity contribution >= 4 is 50.4 Å². The number of amides is 1. The highest BCUT2D eigenvalue weighted by molar-refractivity contribution is 7.21. The second-order valence-corrected chi connectivity index (χ2v) is 10.00. The molecule has 3 N–H and O–H groups in total. The highest BCUT2D eigenvalue weighted by Crippen LogP contribution is 2.42. The highest BCUT2D eigenvalue weighted by atomic mass is 35.5. The van der Waals surface area contributed by atoms with Crippen molar-refractivity contribution in [1.82, 2.24) is 4.98 Å². The van der Waals surface area contributed by atoms with Gasteiger partial charge in [-0.1, -0.05) is 59.6 Å². The number of aromatic nitrogens is 1. The number of benzene rings is 3. The lowest BCUT2D eigenvalue weighted by Gasteiger charge is -2.10. The topological polar surface area (TPSA) is 77.2 Å². The molecule has 0 fully saturated rings. The van der Waals surface area contributed by atoms with Crippen molar-refractivity contribution in [2.75, 3.05) is 18.2 Å². The molecule has 3 aromatic carbocycles. The fraction of sp³-hybridized carbons (Fsp3) is 0.103. The number of methoxy groups -OCH3 is 1. The molecule has 0 aliphatic rings. The number of nitrogen functional groups attached to an aromatic ring is 1. The minimum Gasteiger partial charge on any atom is -0.497 e. The van der Waals surface area contributed by atoms with Crippen LogP contribution >= 0.6 is 22.9 Å². The molecule has 0 unspecified atom stereocenters. The zero-order valence-corrected chi connectivity index (χ0v) is 21.6. The first-order chi connectivity index (χ1) is 17.3. The van der Waals surface area contributed by atoms with E-state index in [9.17, 15) is 4.79 Å². The number of hydrogen-bond acceptors (Lipinski definition) is 5. The van der Waals surface area contributed by atoms with Crippen LogP contribution in [0, 0.1) is 13.8 Å². The van der Waals surface area contributed by atoms with E-state index in [1.807, 2.05) is 61.5 Å². The fourth-order valence-corrected chi connectivity index (χ4v) is 5.21. The van der Waals surface area contributed by atoms with E-state index < -0.39 is 0 Å². The number of anilines is 2. The van der Waals surface area contributed by atoms with Gasteiger partial charge in [0, 0.05) is 21.7 Å². The Balaban J connectivity index is 1.65. The second-order valence-electron chi connectivity index (χ2n) is 8.59. The summed E-state index contributed by atoms with van der Waals surface area (Å²) < 4.78 is 5.33. The number of halogens is 1. The maximum absolute atomic E-state index is 13.3. The average Bonchev–Trinajstić information content (AvgIpc) is 3.22. The van der Waals surface area contributed by atoms with E-state index in [2.05, 4.69) is 24.4 Å². The van der Waals surface area contributed by atoms with Crippen LogP contribution in [0.15, 0.2) is 72.8 Å². The standard InChI is InChI=1S/C29H24ClN3O2S/c1-16-4-7-19(8-5-16)24-15-22(18-9-12-21(35-3)13-10-18)25-26(31)27(36-29(25)33-24)28(34)32-20-11-6-17(2)23(30)14-20/h4-15H,31H2,1-3H3,(H,32,34). The summed E-state index contributed by atoms with van der Waals surface area (Å²) in [6.07, 6.45) is 0. The summed E-state index contributed by atoms with van der Waals surface area (Å²) in [6.45, 7) is 3.96. The second kappa shape index (κ2) is 9.64. The zero-order valence-electron chi connectivity index (χ0n) is 20.1. The molecule has 1 amide bonds. The average molecular weight is 514 g/mol. The number of nitrogens with two attached hydrogens (primary N) is 1. The molecular formula is C29H24ClN3O2S. The Morgan fingerprint density at radius 3 is 2.33 bits per heavy atom. The first-order valence-electron chi connectivity index (χ1n) is 11.4. The smallest absolute Gasteiger partial charge is 0.267 e. The number of nitrogens with zero attached hydrogens (tertiary/aromatic N) is 1. The van der Waals surface area contributed by atoms with E-state index in [1.54, 1.807) is 13.2 Å². The van der Waals surface area contributed by atoms with Gasteiger partial charge >= 0.3 is 0 Å². The molecule has 0 saturated carbocycles. The highest BCUT2D eigenvalue weighted by Gasteiger charge is 2.22. The number of fused-ring (bicyclic) bond motifs is 1. The van der Waals surface area contributed by atoms with Gasteiger partial charge in [0.15, 0.2) is 0 Å². The first kappa shape index (κ1) is 23.9. The van der Waals surface area contributed by atoms with Crippen molar-refractivity contribution < 1.29 is 9.53 Å². The van der Waals surface area contributed by atoms with E-state index in [0.29, 0.717) is 26.1 Å². The summed E-state index contributed by atoms with van der Waals surface area (Å²) in [7, 11) is 1.64. The van der Waals surface area contributed by atoms with Crippen LogP contribution in [-0.4, -0.2) is 18.0 Å². The Morgan fingerprint density at radius 1 is 0.972 bits per heavy atom. The molecule has 5 nitrogen and oxygen atoms in total. The summed E-state index contributed by atoms with van der Waals surface area (Å²) in [6, 6.07) is 23.4. The molecule has 7 heteroatoms. The van der Waals surface area contributed by atoms with E-state index in [-0.39, 0.29) is 5.91 Å². The van der Waals surface area contributed by atoms with Gasteiger partial charge < -0.3 is 15.8 Å². The van der Waals surface area contributed by atoms with Crippen molar-refractivity contribution in [3.05, 3.63) is 93.8 Å². The summed E-state index contributed by atoms with van der Waals surface area (Å²) in [5.41, 5.74) is 13.4. The molecule has 2 aromatic heterocycles. The molecular weight excluding hydrogens is 490 g/mol. The van der Waals surface area contributed by atoms with Crippen LogP contribution in [0.1, 0.15) is 20.8 Å². The van der Waals surface area contributed by atoms with Gasteiger partial charge in [0.05, 0.1) is 18.5 Å². The SMILES string of the molecule is COc1ccc(-c2cc(-c3ccc(C)cc3)nc3sc(C(=O)Nc4ccc(C)c(Cl)c4)c(N)c23)cc1. The number of rotatable bonds is 5. The van der Waals surface area contributed by atoms with Crippen LogP contribution in [0.4, 0.5) is 11.4 Å². The van der Waals surface area contributed by atoms with Gasteiger partial charge in [-0.2, -0.15) is 0 Å². The molecule has 180 valence electrons. The first-order valence-corrected chi connectivity index (χ1v) is 12.6. The summed E-state index contributed by atoms with van der Waals surface area (Å²) in [5.74, 6) is 0.464. The van der Waals surface area contributed by atoms with E-state index in [1.165, 1.54) is 16.9 Å². The van der Waals surface area contributed by atoms with Gasteiger partial charge in [-0.15, -0.1) is 11.3 Å². The monoisotopic (exact) mass is 513 g/mol. The number of carbonyl (C=O) groups is 1. The number of hydrogen-bond donors (Lipinski definition) is 2. The Hall–Kier alpha value is -3.87. The molecule has 0 aliphatic carbocycles. The Labute approximate surface area is 218 Å². The molecule has 5 aromatic rings. The summed E-state index contributed by atoms with van der Waals surface area (Å²) >= 11 is 7.52. The Bertz CT molecular complexity index is 1590. The predicted octanol–water partition coefficient (Wildman–Crippen LogP) is 7.74. The van der Waals surface area contributed by atoms with Crippen LogP contribution < -0.4 is 15.8 Å². The molecule has 0 atom stereocenters. The van der Waals surface area contributed by atoms with Crippen LogP contribution in [0.5, 0.6) is 5.75 Å². The number of aryl methyl sites for hydroxylation is 2. The van der Waals surface area contributed by atoms with Gasteiger partial charge in [0.2, 0.25) is 0 Å². The predicted molar refractivity (Wildman–Crippen MR) is 150 cm³/mol. The maximum atomic E-state index is 13.3. The van der Waals surface area contributed by atoms with E-state index in [4.69, 9.17) is 27.1 Å². The molecule has 0 spiro atoms. The fourth-order valence-electron chi connectivity index (χ4n) is 4.02. The molecule has 2 heterocycles. The van der Waals surface area contributed by atoms with Crippen molar-refractivity contribution in [2.24, 2.45) is 0 Å². The number of pyridine rings is 1. The summed E-state index contributed by atoms with van der Waals surface area (Å²) in [4.78, 5) is 19.3. The maximum Gasteiger partial charge on any atom is 0.267 e.